The summed E-state index contributed by atoms with van der Waals surface area (Å²) in [5, 5.41) is 0.448. The van der Waals surface area contributed by atoms with E-state index in [1.807, 2.05) is 56.3 Å². The molecule has 7 nitrogen and oxygen atoms in total. The van der Waals surface area contributed by atoms with Crippen LogP contribution in [-0.4, -0.2) is 32.1 Å². The first-order valence-corrected chi connectivity index (χ1v) is 11.6. The van der Waals surface area contributed by atoms with E-state index in [1.165, 1.54) is 21.3 Å². The van der Waals surface area contributed by atoms with Crippen LogP contribution in [0.4, 0.5) is 0 Å². The minimum atomic E-state index is -0.705. The molecule has 5 rings (SSSR count). The molecule has 1 aliphatic heterocycles. The van der Waals surface area contributed by atoms with E-state index in [0.29, 0.717) is 45.9 Å². The molecule has 0 saturated heterocycles. The second kappa shape index (κ2) is 9.07. The molecule has 1 amide bonds. The van der Waals surface area contributed by atoms with E-state index < -0.39 is 6.04 Å². The lowest BCUT2D eigenvalue weighted by Gasteiger charge is -2.26. The van der Waals surface area contributed by atoms with Crippen molar-refractivity contribution in [3.8, 4) is 17.2 Å². The molecule has 0 bridgehead atoms. The molecule has 1 aromatic heterocycles. The van der Waals surface area contributed by atoms with Crippen molar-refractivity contribution in [1.29, 1.82) is 0 Å². The van der Waals surface area contributed by atoms with E-state index in [0.717, 1.165) is 16.7 Å². The summed E-state index contributed by atoms with van der Waals surface area (Å²) in [5.74, 6) is 1.02. The van der Waals surface area contributed by atoms with Gasteiger partial charge in [0.05, 0.1) is 38.3 Å². The number of amides is 1. The van der Waals surface area contributed by atoms with Crippen molar-refractivity contribution in [2.45, 2.75) is 26.4 Å². The van der Waals surface area contributed by atoms with Crippen LogP contribution in [0.3, 0.4) is 0 Å². The highest BCUT2D eigenvalue weighted by atomic mass is 16.5. The molecule has 2 heterocycles. The fraction of sp³-hybridized carbons (Fsp3) is 0.241. The molecule has 0 N–H and O–H groups in total. The van der Waals surface area contributed by atoms with Gasteiger partial charge in [-0.3, -0.25) is 9.59 Å². The minimum Gasteiger partial charge on any atom is -0.493 e. The van der Waals surface area contributed by atoms with E-state index in [-0.39, 0.29) is 17.1 Å². The summed E-state index contributed by atoms with van der Waals surface area (Å²) in [7, 11) is 4.59. The van der Waals surface area contributed by atoms with Crippen LogP contribution >= 0.6 is 0 Å². The predicted octanol–water partition coefficient (Wildman–Crippen LogP) is 5.18. The monoisotopic (exact) mass is 485 g/mol. The van der Waals surface area contributed by atoms with Crippen molar-refractivity contribution >= 4 is 16.9 Å². The van der Waals surface area contributed by atoms with Crippen LogP contribution in [0.15, 0.2) is 63.8 Å². The first-order chi connectivity index (χ1) is 17.4. The molecule has 0 spiro atoms. The summed E-state index contributed by atoms with van der Waals surface area (Å²) in [6.07, 6.45) is 0. The number of aryl methyl sites for hydroxylation is 2. The van der Waals surface area contributed by atoms with Crippen molar-refractivity contribution in [1.82, 2.24) is 4.90 Å². The molecule has 184 valence electrons. The number of nitrogens with zero attached hydrogens (tertiary/aromatic N) is 1. The standard InChI is InChI=1S/C29H27NO6/c1-16-11-20-21(12-17(16)2)36-28-24(26(20)31)25(30(29(28)32)15-18-9-7-6-8-10-18)19-13-22(33-3)27(35-5)23(14-19)34-4/h6-14,25H,15H2,1-5H3. The minimum absolute atomic E-state index is 0.0606. The second-order valence-corrected chi connectivity index (χ2v) is 8.89. The Morgan fingerprint density at radius 2 is 1.50 bits per heavy atom. The molecule has 0 radical (unpaired) electrons. The molecule has 1 aliphatic rings. The number of fused-ring (bicyclic) bond motifs is 2. The van der Waals surface area contributed by atoms with Crippen molar-refractivity contribution in [2.75, 3.05) is 21.3 Å². The number of methoxy groups -OCH3 is 3. The van der Waals surface area contributed by atoms with Gasteiger partial charge in [-0.2, -0.15) is 0 Å². The molecule has 0 saturated carbocycles. The fourth-order valence-corrected chi connectivity index (χ4v) is 4.82. The highest BCUT2D eigenvalue weighted by Crippen LogP contribution is 2.45. The van der Waals surface area contributed by atoms with Gasteiger partial charge in [0.15, 0.2) is 16.9 Å². The van der Waals surface area contributed by atoms with Crippen LogP contribution in [0, 0.1) is 13.8 Å². The smallest absolute Gasteiger partial charge is 0.291 e. The maximum absolute atomic E-state index is 13.9. The zero-order valence-electron chi connectivity index (χ0n) is 20.9. The maximum atomic E-state index is 13.9. The fourth-order valence-electron chi connectivity index (χ4n) is 4.82. The van der Waals surface area contributed by atoms with Crippen LogP contribution in [0.1, 0.15) is 44.4 Å². The molecular formula is C29H27NO6. The highest BCUT2D eigenvalue weighted by molar-refractivity contribution is 5.99. The summed E-state index contributed by atoms with van der Waals surface area (Å²) in [6.45, 7) is 4.19. The topological polar surface area (TPSA) is 78.2 Å². The van der Waals surface area contributed by atoms with Gasteiger partial charge in [0.2, 0.25) is 11.5 Å². The van der Waals surface area contributed by atoms with E-state index in [4.69, 9.17) is 18.6 Å². The van der Waals surface area contributed by atoms with Crippen molar-refractivity contribution in [3.05, 3.63) is 98.4 Å². The summed E-state index contributed by atoms with van der Waals surface area (Å²) in [5.41, 5.74) is 4.03. The number of rotatable bonds is 6. The first-order valence-electron chi connectivity index (χ1n) is 11.6. The number of benzene rings is 3. The number of carbonyl (C=O) groups excluding carboxylic acids is 1. The Hall–Kier alpha value is -4.26. The Bertz CT molecular complexity index is 1510. The molecule has 0 aliphatic carbocycles. The van der Waals surface area contributed by atoms with Crippen LogP contribution in [0.25, 0.3) is 11.0 Å². The third-order valence-corrected chi connectivity index (χ3v) is 6.78. The van der Waals surface area contributed by atoms with Crippen molar-refractivity contribution < 1.29 is 23.4 Å². The van der Waals surface area contributed by atoms with Gasteiger partial charge in [-0.25, -0.2) is 0 Å². The Morgan fingerprint density at radius 3 is 2.11 bits per heavy atom. The summed E-state index contributed by atoms with van der Waals surface area (Å²) in [4.78, 5) is 29.3. The van der Waals surface area contributed by atoms with Gasteiger partial charge in [-0.05, 0) is 60.4 Å². The lowest BCUT2D eigenvalue weighted by atomic mass is 9.96. The molecule has 4 aromatic rings. The lowest BCUT2D eigenvalue weighted by Crippen LogP contribution is -2.29. The maximum Gasteiger partial charge on any atom is 0.291 e. The SMILES string of the molecule is COc1cc(C2c3c(oc4cc(C)c(C)cc4c3=O)C(=O)N2Cc2ccccc2)cc(OC)c1OC. The number of hydrogen-bond donors (Lipinski definition) is 0. The average Bonchev–Trinajstić information content (AvgIpc) is 3.16. The Kier molecular flexibility index (Phi) is 5.92. The Balaban J connectivity index is 1.79. The van der Waals surface area contributed by atoms with Gasteiger partial charge in [0.25, 0.3) is 5.91 Å². The zero-order valence-corrected chi connectivity index (χ0v) is 20.9. The summed E-state index contributed by atoms with van der Waals surface area (Å²) < 4.78 is 22.7. The quantitative estimate of drug-likeness (QED) is 0.374. The van der Waals surface area contributed by atoms with E-state index in [1.54, 1.807) is 17.0 Å². The molecule has 36 heavy (non-hydrogen) atoms. The van der Waals surface area contributed by atoms with Gasteiger partial charge in [0, 0.05) is 6.54 Å². The zero-order chi connectivity index (χ0) is 25.6. The van der Waals surface area contributed by atoms with Crippen LogP contribution in [-0.2, 0) is 6.54 Å². The predicted molar refractivity (Wildman–Crippen MR) is 136 cm³/mol. The van der Waals surface area contributed by atoms with Crippen LogP contribution in [0.2, 0.25) is 0 Å². The van der Waals surface area contributed by atoms with Gasteiger partial charge in [0.1, 0.15) is 5.58 Å². The molecule has 3 aromatic carbocycles. The van der Waals surface area contributed by atoms with Gasteiger partial charge >= 0.3 is 0 Å². The average molecular weight is 486 g/mol. The Morgan fingerprint density at radius 1 is 0.861 bits per heavy atom. The van der Waals surface area contributed by atoms with Gasteiger partial charge in [-0.1, -0.05) is 30.3 Å². The number of ether oxygens (including phenoxy) is 3. The van der Waals surface area contributed by atoms with Crippen molar-refractivity contribution in [2.24, 2.45) is 0 Å². The summed E-state index contributed by atoms with van der Waals surface area (Å²) >= 11 is 0. The van der Waals surface area contributed by atoms with Crippen LogP contribution in [0.5, 0.6) is 17.2 Å². The third kappa shape index (κ3) is 3.68. The molecular weight excluding hydrogens is 458 g/mol. The molecule has 1 unspecified atom stereocenters. The van der Waals surface area contributed by atoms with Crippen LogP contribution < -0.4 is 19.6 Å². The van der Waals surface area contributed by atoms with E-state index >= 15 is 0 Å². The number of hydrogen-bond acceptors (Lipinski definition) is 6. The van der Waals surface area contributed by atoms with Gasteiger partial charge < -0.3 is 23.5 Å². The van der Waals surface area contributed by atoms with E-state index in [9.17, 15) is 9.59 Å². The lowest BCUT2D eigenvalue weighted by molar-refractivity contribution is 0.0714. The van der Waals surface area contributed by atoms with Gasteiger partial charge in [-0.15, -0.1) is 0 Å². The summed E-state index contributed by atoms with van der Waals surface area (Å²) in [6, 6.07) is 16.1. The Labute approximate surface area is 208 Å². The first kappa shape index (κ1) is 23.5. The third-order valence-electron chi connectivity index (χ3n) is 6.78. The van der Waals surface area contributed by atoms with Crippen molar-refractivity contribution in [3.63, 3.8) is 0 Å². The normalized spacial score (nSPS) is 14.8. The largest absolute Gasteiger partial charge is 0.493 e. The molecule has 1 atom stereocenters. The highest BCUT2D eigenvalue weighted by Gasteiger charge is 2.43. The number of carbonyl (C=O) groups is 1. The molecule has 7 heteroatoms. The molecule has 0 fully saturated rings. The van der Waals surface area contributed by atoms with E-state index in [2.05, 4.69) is 0 Å². The second-order valence-electron chi connectivity index (χ2n) is 8.89.